The molecule has 0 aromatic heterocycles. The van der Waals surface area contributed by atoms with Gasteiger partial charge in [0.15, 0.2) is 5.38 Å². The topological polar surface area (TPSA) is 55.8 Å². The van der Waals surface area contributed by atoms with E-state index in [0.29, 0.717) is 13.2 Å². The Labute approximate surface area is 89.1 Å². The molecule has 1 N–H and O–H groups in total. The van der Waals surface area contributed by atoms with Crippen molar-refractivity contribution in [1.82, 2.24) is 0 Å². The number of ether oxygens (including phenoxy) is 2. The highest BCUT2D eigenvalue weighted by molar-refractivity contribution is 6.29. The van der Waals surface area contributed by atoms with Crippen molar-refractivity contribution in [3.05, 3.63) is 0 Å². The monoisotopic (exact) mass is 224 g/mol. The van der Waals surface area contributed by atoms with Gasteiger partial charge in [-0.25, -0.2) is 0 Å². The van der Waals surface area contributed by atoms with Gasteiger partial charge in [-0.2, -0.15) is 0 Å². The second-order valence-corrected chi connectivity index (χ2v) is 4.37. The molecule has 0 aliphatic rings. The van der Waals surface area contributed by atoms with Gasteiger partial charge in [-0.05, 0) is 20.8 Å². The first-order valence-corrected chi connectivity index (χ1v) is 4.85. The molecule has 0 aliphatic carbocycles. The molecular formula is C9H17ClO4. The molecule has 0 aliphatic heterocycles. The van der Waals surface area contributed by atoms with Crippen LogP contribution in [0.3, 0.4) is 0 Å². The average molecular weight is 225 g/mol. The summed E-state index contributed by atoms with van der Waals surface area (Å²) in [6.07, 6.45) is 0. The molecule has 14 heavy (non-hydrogen) atoms. The van der Waals surface area contributed by atoms with Crippen LogP contribution in [0.15, 0.2) is 0 Å². The number of aliphatic carboxylic acids is 1. The molecule has 0 heterocycles. The van der Waals surface area contributed by atoms with E-state index >= 15 is 0 Å². The van der Waals surface area contributed by atoms with E-state index in [4.69, 9.17) is 26.2 Å². The lowest BCUT2D eigenvalue weighted by Crippen LogP contribution is -2.24. The molecule has 0 bridgehead atoms. The van der Waals surface area contributed by atoms with Crippen LogP contribution in [0.1, 0.15) is 20.8 Å². The molecule has 5 heteroatoms. The number of hydrogen-bond acceptors (Lipinski definition) is 3. The third-order valence-corrected chi connectivity index (χ3v) is 1.61. The maximum Gasteiger partial charge on any atom is 0.324 e. The smallest absolute Gasteiger partial charge is 0.324 e. The van der Waals surface area contributed by atoms with Crippen molar-refractivity contribution < 1.29 is 19.4 Å². The maximum atomic E-state index is 10.3. The first-order chi connectivity index (χ1) is 6.33. The quantitative estimate of drug-likeness (QED) is 0.549. The molecule has 4 nitrogen and oxygen atoms in total. The van der Waals surface area contributed by atoms with Gasteiger partial charge >= 0.3 is 5.97 Å². The Balaban J connectivity index is 3.35. The van der Waals surface area contributed by atoms with E-state index in [1.165, 1.54) is 0 Å². The average Bonchev–Trinajstić information content (AvgIpc) is 2.01. The van der Waals surface area contributed by atoms with Crippen LogP contribution >= 0.6 is 11.6 Å². The first-order valence-electron chi connectivity index (χ1n) is 4.41. The summed E-state index contributed by atoms with van der Waals surface area (Å²) in [6, 6.07) is 0. The van der Waals surface area contributed by atoms with Crippen molar-refractivity contribution >= 4 is 17.6 Å². The fourth-order valence-corrected chi connectivity index (χ4v) is 0.754. The van der Waals surface area contributed by atoms with Gasteiger partial charge in [0.05, 0.1) is 25.4 Å². The molecule has 0 aromatic rings. The summed E-state index contributed by atoms with van der Waals surface area (Å²) < 4.78 is 10.4. The van der Waals surface area contributed by atoms with Crippen LogP contribution in [-0.2, 0) is 14.3 Å². The van der Waals surface area contributed by atoms with E-state index < -0.39 is 11.3 Å². The molecule has 0 saturated heterocycles. The second-order valence-electron chi connectivity index (χ2n) is 3.84. The minimum Gasteiger partial charge on any atom is -0.480 e. The number of carboxylic acid groups (broad SMARTS) is 1. The molecule has 0 rings (SSSR count). The first kappa shape index (κ1) is 13.7. The summed E-state index contributed by atoms with van der Waals surface area (Å²) in [7, 11) is 0. The summed E-state index contributed by atoms with van der Waals surface area (Å²) in [5.41, 5.74) is -0.198. The molecule has 0 amide bonds. The van der Waals surface area contributed by atoms with Crippen molar-refractivity contribution in [2.75, 3.05) is 19.8 Å². The lowest BCUT2D eigenvalue weighted by atomic mass is 10.2. The standard InChI is InChI=1S/C9H17ClO4/c1-9(2,3)14-5-4-13-6-7(10)8(11)12/h7H,4-6H2,1-3H3,(H,11,12). The minimum absolute atomic E-state index is 0.00436. The van der Waals surface area contributed by atoms with E-state index in [1.807, 2.05) is 20.8 Å². The lowest BCUT2D eigenvalue weighted by molar-refractivity contribution is -0.138. The van der Waals surface area contributed by atoms with Crippen LogP contribution in [0, 0.1) is 0 Å². The molecule has 0 fully saturated rings. The highest BCUT2D eigenvalue weighted by atomic mass is 35.5. The normalized spacial score (nSPS) is 14.0. The van der Waals surface area contributed by atoms with Crippen molar-refractivity contribution in [3.8, 4) is 0 Å². The summed E-state index contributed by atoms with van der Waals surface area (Å²) in [4.78, 5) is 10.3. The van der Waals surface area contributed by atoms with Gasteiger partial charge in [0.25, 0.3) is 0 Å². The zero-order valence-corrected chi connectivity index (χ0v) is 9.50. The molecular weight excluding hydrogens is 208 g/mol. The predicted molar refractivity (Wildman–Crippen MR) is 53.8 cm³/mol. The summed E-state index contributed by atoms with van der Waals surface area (Å²) >= 11 is 5.42. The molecule has 0 spiro atoms. The molecule has 0 aromatic carbocycles. The zero-order chi connectivity index (χ0) is 11.2. The number of carbonyl (C=O) groups is 1. The predicted octanol–water partition coefficient (Wildman–Crippen LogP) is 1.51. The number of alkyl halides is 1. The van der Waals surface area contributed by atoms with E-state index in [-0.39, 0.29) is 12.2 Å². The molecule has 1 unspecified atom stereocenters. The Bertz CT molecular complexity index is 176. The van der Waals surface area contributed by atoms with Crippen LogP contribution in [0.5, 0.6) is 0 Å². The third-order valence-electron chi connectivity index (χ3n) is 1.29. The fourth-order valence-electron chi connectivity index (χ4n) is 0.665. The maximum absolute atomic E-state index is 10.3. The zero-order valence-electron chi connectivity index (χ0n) is 8.75. The third kappa shape index (κ3) is 8.29. The van der Waals surface area contributed by atoms with Crippen LogP contribution in [0.4, 0.5) is 0 Å². The number of carboxylic acids is 1. The summed E-state index contributed by atoms with van der Waals surface area (Å²) in [5, 5.41) is 7.44. The second kappa shape index (κ2) is 6.22. The number of hydrogen-bond donors (Lipinski definition) is 1. The van der Waals surface area contributed by atoms with Crippen molar-refractivity contribution in [2.24, 2.45) is 0 Å². The lowest BCUT2D eigenvalue weighted by Gasteiger charge is -2.19. The van der Waals surface area contributed by atoms with Gasteiger partial charge in [-0.3, -0.25) is 4.79 Å². The number of halogens is 1. The van der Waals surface area contributed by atoms with Crippen molar-refractivity contribution in [2.45, 2.75) is 31.7 Å². The van der Waals surface area contributed by atoms with Crippen molar-refractivity contribution in [1.29, 1.82) is 0 Å². The Morgan fingerprint density at radius 1 is 1.43 bits per heavy atom. The minimum atomic E-state index is -1.07. The Hall–Kier alpha value is -0.320. The van der Waals surface area contributed by atoms with E-state index in [9.17, 15) is 4.79 Å². The molecule has 0 saturated carbocycles. The van der Waals surface area contributed by atoms with E-state index in [2.05, 4.69) is 0 Å². The molecule has 84 valence electrons. The van der Waals surface area contributed by atoms with Gasteiger partial charge < -0.3 is 14.6 Å². The molecule has 0 radical (unpaired) electrons. The fraction of sp³-hybridized carbons (Fsp3) is 0.889. The SMILES string of the molecule is CC(C)(C)OCCOCC(Cl)C(=O)O. The highest BCUT2D eigenvalue weighted by Gasteiger charge is 2.13. The van der Waals surface area contributed by atoms with Crippen LogP contribution in [0.2, 0.25) is 0 Å². The van der Waals surface area contributed by atoms with Crippen LogP contribution in [0.25, 0.3) is 0 Å². The van der Waals surface area contributed by atoms with E-state index in [0.717, 1.165) is 0 Å². The van der Waals surface area contributed by atoms with E-state index in [1.54, 1.807) is 0 Å². The summed E-state index contributed by atoms with van der Waals surface area (Å²) in [5.74, 6) is -1.07. The number of rotatable bonds is 6. The van der Waals surface area contributed by atoms with Gasteiger partial charge in [0, 0.05) is 0 Å². The molecule has 1 atom stereocenters. The Morgan fingerprint density at radius 3 is 2.43 bits per heavy atom. The van der Waals surface area contributed by atoms with Gasteiger partial charge in [-0.1, -0.05) is 0 Å². The highest BCUT2D eigenvalue weighted by Crippen LogP contribution is 2.05. The largest absolute Gasteiger partial charge is 0.480 e. The van der Waals surface area contributed by atoms with Gasteiger partial charge in [-0.15, -0.1) is 11.6 Å². The van der Waals surface area contributed by atoms with Crippen molar-refractivity contribution in [3.63, 3.8) is 0 Å². The van der Waals surface area contributed by atoms with Crippen LogP contribution in [-0.4, -0.2) is 41.9 Å². The Morgan fingerprint density at radius 2 is 2.00 bits per heavy atom. The van der Waals surface area contributed by atoms with Gasteiger partial charge in [0.2, 0.25) is 0 Å². The van der Waals surface area contributed by atoms with Gasteiger partial charge in [0.1, 0.15) is 0 Å². The Kier molecular flexibility index (Phi) is 6.08. The van der Waals surface area contributed by atoms with Crippen LogP contribution < -0.4 is 0 Å². The summed E-state index contributed by atoms with van der Waals surface area (Å²) in [6.45, 7) is 6.61.